The fourth-order valence-electron chi connectivity index (χ4n) is 2.04. The van der Waals surface area contributed by atoms with E-state index in [4.69, 9.17) is 9.47 Å². The first kappa shape index (κ1) is 16.7. The summed E-state index contributed by atoms with van der Waals surface area (Å²) in [5.41, 5.74) is 5.52. The van der Waals surface area contributed by atoms with Gasteiger partial charge in [0.1, 0.15) is 0 Å². The van der Waals surface area contributed by atoms with Gasteiger partial charge in [0, 0.05) is 11.4 Å². The van der Waals surface area contributed by atoms with Crippen LogP contribution in [0, 0.1) is 13.8 Å². The van der Waals surface area contributed by atoms with E-state index in [2.05, 4.69) is 27.4 Å². The van der Waals surface area contributed by atoms with E-state index in [1.54, 1.807) is 13.3 Å². The molecule has 0 fully saturated rings. The Labute approximate surface area is 136 Å². The van der Waals surface area contributed by atoms with E-state index >= 15 is 0 Å². The van der Waals surface area contributed by atoms with Crippen LogP contribution in [0.1, 0.15) is 30.3 Å². The molecule has 1 aromatic carbocycles. The Hall–Kier alpha value is -2.63. The van der Waals surface area contributed by atoms with Gasteiger partial charge in [-0.2, -0.15) is 5.10 Å². The van der Waals surface area contributed by atoms with Crippen molar-refractivity contribution in [3.63, 3.8) is 0 Å². The molecule has 1 N–H and O–H groups in total. The molecule has 0 unspecified atom stereocenters. The second-order valence-electron chi connectivity index (χ2n) is 5.10. The lowest BCUT2D eigenvalue weighted by Crippen LogP contribution is -2.00. The van der Waals surface area contributed by atoms with Crippen LogP contribution in [0.2, 0.25) is 0 Å². The first-order valence-electron chi connectivity index (χ1n) is 7.54. The van der Waals surface area contributed by atoms with E-state index < -0.39 is 0 Å². The van der Waals surface area contributed by atoms with Gasteiger partial charge in [-0.25, -0.2) is 15.4 Å². The number of ether oxygens (including phenoxy) is 2. The summed E-state index contributed by atoms with van der Waals surface area (Å²) in [6.45, 7) is 6.57. The quantitative estimate of drug-likeness (QED) is 0.627. The van der Waals surface area contributed by atoms with Gasteiger partial charge in [0.05, 0.1) is 19.9 Å². The number of aromatic nitrogens is 2. The Morgan fingerprint density at radius 1 is 1.13 bits per heavy atom. The smallest absolute Gasteiger partial charge is 0.243 e. The van der Waals surface area contributed by atoms with Gasteiger partial charge in [0.15, 0.2) is 11.5 Å². The molecule has 0 atom stereocenters. The molecule has 1 aromatic heterocycles. The molecule has 0 aliphatic carbocycles. The summed E-state index contributed by atoms with van der Waals surface area (Å²) in [5.74, 6) is 1.90. The van der Waals surface area contributed by atoms with Crippen LogP contribution in [-0.4, -0.2) is 29.9 Å². The number of aryl methyl sites for hydroxylation is 2. The van der Waals surface area contributed by atoms with Crippen LogP contribution in [0.25, 0.3) is 0 Å². The standard InChI is InChI=1S/C17H22N4O2/c1-5-8-23-15-7-6-14(10-16(15)22-4)11-18-21-17-19-12(2)9-13(3)20-17/h6-7,9-11H,5,8H2,1-4H3,(H,19,20,21)/b18-11+. The monoisotopic (exact) mass is 314 g/mol. The fraction of sp³-hybridized carbons (Fsp3) is 0.353. The summed E-state index contributed by atoms with van der Waals surface area (Å²) in [4.78, 5) is 8.53. The van der Waals surface area contributed by atoms with Crippen LogP contribution in [0.15, 0.2) is 29.4 Å². The number of rotatable bonds is 7. The van der Waals surface area contributed by atoms with Gasteiger partial charge in [-0.15, -0.1) is 0 Å². The zero-order valence-electron chi connectivity index (χ0n) is 14.0. The van der Waals surface area contributed by atoms with Crippen molar-refractivity contribution in [1.29, 1.82) is 0 Å². The highest BCUT2D eigenvalue weighted by Gasteiger charge is 2.04. The molecule has 0 aliphatic heterocycles. The van der Waals surface area contributed by atoms with Crippen LogP contribution >= 0.6 is 0 Å². The minimum atomic E-state index is 0.480. The molecule has 6 heteroatoms. The Morgan fingerprint density at radius 3 is 2.52 bits per heavy atom. The Kier molecular flexibility index (Phi) is 5.91. The van der Waals surface area contributed by atoms with Gasteiger partial charge in [0.2, 0.25) is 5.95 Å². The van der Waals surface area contributed by atoms with Crippen molar-refractivity contribution in [2.75, 3.05) is 19.1 Å². The van der Waals surface area contributed by atoms with Gasteiger partial charge < -0.3 is 9.47 Å². The molecule has 2 rings (SSSR count). The maximum Gasteiger partial charge on any atom is 0.243 e. The lowest BCUT2D eigenvalue weighted by molar-refractivity contribution is 0.294. The number of hydrogen-bond acceptors (Lipinski definition) is 6. The number of hydrogen-bond donors (Lipinski definition) is 1. The van der Waals surface area contributed by atoms with E-state index in [-0.39, 0.29) is 0 Å². The van der Waals surface area contributed by atoms with Crippen molar-refractivity contribution >= 4 is 12.2 Å². The minimum absolute atomic E-state index is 0.480. The maximum absolute atomic E-state index is 5.63. The largest absolute Gasteiger partial charge is 0.493 e. The Morgan fingerprint density at radius 2 is 1.87 bits per heavy atom. The Bertz CT molecular complexity index is 666. The number of benzene rings is 1. The van der Waals surface area contributed by atoms with Gasteiger partial charge in [-0.1, -0.05) is 6.92 Å². The predicted molar refractivity (Wildman–Crippen MR) is 91.5 cm³/mol. The van der Waals surface area contributed by atoms with E-state index in [1.165, 1.54) is 0 Å². The van der Waals surface area contributed by atoms with Crippen molar-refractivity contribution in [2.45, 2.75) is 27.2 Å². The van der Waals surface area contributed by atoms with Crippen molar-refractivity contribution in [2.24, 2.45) is 5.10 Å². The van der Waals surface area contributed by atoms with E-state index in [1.807, 2.05) is 38.1 Å². The molecule has 0 amide bonds. The maximum atomic E-state index is 5.63. The molecule has 0 spiro atoms. The third kappa shape index (κ3) is 4.95. The highest BCUT2D eigenvalue weighted by Crippen LogP contribution is 2.27. The van der Waals surface area contributed by atoms with Crippen LogP contribution in [0.4, 0.5) is 5.95 Å². The average molecular weight is 314 g/mol. The lowest BCUT2D eigenvalue weighted by atomic mass is 10.2. The molecular formula is C17H22N4O2. The van der Waals surface area contributed by atoms with Crippen LogP contribution in [-0.2, 0) is 0 Å². The fourth-order valence-corrected chi connectivity index (χ4v) is 2.04. The summed E-state index contributed by atoms with van der Waals surface area (Å²) in [7, 11) is 1.62. The zero-order valence-corrected chi connectivity index (χ0v) is 14.0. The minimum Gasteiger partial charge on any atom is -0.493 e. The summed E-state index contributed by atoms with van der Waals surface area (Å²) >= 11 is 0. The molecule has 0 aliphatic rings. The number of nitrogens with zero attached hydrogens (tertiary/aromatic N) is 3. The number of nitrogens with one attached hydrogen (secondary N) is 1. The summed E-state index contributed by atoms with van der Waals surface area (Å²) < 4.78 is 11.0. The molecule has 0 saturated carbocycles. The summed E-state index contributed by atoms with van der Waals surface area (Å²) in [6.07, 6.45) is 2.64. The molecule has 0 bridgehead atoms. The normalized spacial score (nSPS) is 10.8. The second kappa shape index (κ2) is 8.12. The van der Waals surface area contributed by atoms with Crippen molar-refractivity contribution in [3.8, 4) is 11.5 Å². The first-order chi connectivity index (χ1) is 11.1. The van der Waals surface area contributed by atoms with E-state index in [0.29, 0.717) is 18.3 Å². The molecular weight excluding hydrogens is 292 g/mol. The highest BCUT2D eigenvalue weighted by atomic mass is 16.5. The van der Waals surface area contributed by atoms with Crippen LogP contribution in [0.3, 0.4) is 0 Å². The van der Waals surface area contributed by atoms with Crippen LogP contribution < -0.4 is 14.9 Å². The van der Waals surface area contributed by atoms with Gasteiger partial charge in [0.25, 0.3) is 0 Å². The number of hydrazone groups is 1. The topological polar surface area (TPSA) is 68.6 Å². The molecule has 122 valence electrons. The van der Waals surface area contributed by atoms with Crippen LogP contribution in [0.5, 0.6) is 11.5 Å². The molecule has 6 nitrogen and oxygen atoms in total. The van der Waals surface area contributed by atoms with Gasteiger partial charge in [-0.05, 0) is 50.1 Å². The van der Waals surface area contributed by atoms with Crippen molar-refractivity contribution in [1.82, 2.24) is 9.97 Å². The van der Waals surface area contributed by atoms with E-state index in [0.717, 1.165) is 29.1 Å². The van der Waals surface area contributed by atoms with Gasteiger partial charge >= 0.3 is 0 Å². The molecule has 2 aromatic rings. The van der Waals surface area contributed by atoms with Gasteiger partial charge in [-0.3, -0.25) is 0 Å². The predicted octanol–water partition coefficient (Wildman–Crippen LogP) is 3.34. The average Bonchev–Trinajstić information content (AvgIpc) is 2.52. The second-order valence-corrected chi connectivity index (χ2v) is 5.10. The number of methoxy groups -OCH3 is 1. The first-order valence-corrected chi connectivity index (χ1v) is 7.54. The summed E-state index contributed by atoms with van der Waals surface area (Å²) in [6, 6.07) is 7.58. The zero-order chi connectivity index (χ0) is 16.7. The van der Waals surface area contributed by atoms with E-state index in [9.17, 15) is 0 Å². The molecule has 0 radical (unpaired) electrons. The molecule has 23 heavy (non-hydrogen) atoms. The van der Waals surface area contributed by atoms with Crippen molar-refractivity contribution in [3.05, 3.63) is 41.2 Å². The third-order valence-corrected chi connectivity index (χ3v) is 3.01. The molecule has 0 saturated heterocycles. The number of anilines is 1. The SMILES string of the molecule is CCCOc1ccc(/C=N/Nc2nc(C)cc(C)n2)cc1OC. The lowest BCUT2D eigenvalue weighted by Gasteiger charge is -2.10. The molecule has 1 heterocycles. The Balaban J connectivity index is 2.07. The van der Waals surface area contributed by atoms with Crippen molar-refractivity contribution < 1.29 is 9.47 Å². The third-order valence-electron chi connectivity index (χ3n) is 3.01. The highest BCUT2D eigenvalue weighted by molar-refractivity contribution is 5.81. The summed E-state index contributed by atoms with van der Waals surface area (Å²) in [5, 5.41) is 4.16.